The lowest BCUT2D eigenvalue weighted by Crippen LogP contribution is -2.31. The summed E-state index contributed by atoms with van der Waals surface area (Å²) in [6.07, 6.45) is 2.29. The molecule has 0 atom stereocenters. The van der Waals surface area contributed by atoms with Crippen molar-refractivity contribution in [3.8, 4) is 6.07 Å². The van der Waals surface area contributed by atoms with E-state index in [2.05, 4.69) is 26.9 Å². The molecule has 2 aromatic rings. The molecule has 26 heavy (non-hydrogen) atoms. The second kappa shape index (κ2) is 7.30. The molecule has 1 saturated carbocycles. The number of carbonyl (C=O) groups excluding carboxylic acids is 1. The zero-order valence-electron chi connectivity index (χ0n) is 14.9. The first-order chi connectivity index (χ1) is 12.4. The standard InChI is InChI=1S/C18H22N6OS/c1-18(2,11-19)13-5-7-14(8-6-13)21-16(25)20-9-10-24-15(12-3-4-12)22-23-17(24)26/h5-8,12H,3-4,9-10H2,1-2H3,(H,23,26)(H2,20,21,25). The third kappa shape index (κ3) is 4.11. The predicted octanol–water partition coefficient (Wildman–Crippen LogP) is 3.44. The fourth-order valence-corrected chi connectivity index (χ4v) is 2.92. The van der Waals surface area contributed by atoms with Crippen molar-refractivity contribution in [1.29, 1.82) is 5.26 Å². The summed E-state index contributed by atoms with van der Waals surface area (Å²) in [5.74, 6) is 1.47. The molecule has 136 valence electrons. The van der Waals surface area contributed by atoms with Crippen molar-refractivity contribution in [3.05, 3.63) is 40.4 Å². The number of H-pyrrole nitrogens is 1. The lowest BCUT2D eigenvalue weighted by atomic mass is 9.86. The molecule has 2 amide bonds. The smallest absolute Gasteiger partial charge is 0.319 e. The van der Waals surface area contributed by atoms with Crippen molar-refractivity contribution in [2.24, 2.45) is 0 Å². The highest BCUT2D eigenvalue weighted by Gasteiger charge is 2.28. The maximum absolute atomic E-state index is 12.1. The fraction of sp³-hybridized carbons (Fsp3) is 0.444. The normalized spacial score (nSPS) is 13.9. The zero-order valence-corrected chi connectivity index (χ0v) is 15.7. The van der Waals surface area contributed by atoms with Crippen molar-refractivity contribution in [2.75, 3.05) is 11.9 Å². The highest BCUT2D eigenvalue weighted by Crippen LogP contribution is 2.38. The van der Waals surface area contributed by atoms with Gasteiger partial charge in [0.05, 0.1) is 11.5 Å². The van der Waals surface area contributed by atoms with Crippen LogP contribution in [0.1, 0.15) is 44.0 Å². The molecule has 0 radical (unpaired) electrons. The van der Waals surface area contributed by atoms with Gasteiger partial charge in [0.2, 0.25) is 0 Å². The summed E-state index contributed by atoms with van der Waals surface area (Å²) in [4.78, 5) is 12.1. The van der Waals surface area contributed by atoms with E-state index in [0.29, 0.717) is 29.5 Å². The largest absolute Gasteiger partial charge is 0.336 e. The number of amides is 2. The van der Waals surface area contributed by atoms with Crippen LogP contribution in [0.25, 0.3) is 0 Å². The highest BCUT2D eigenvalue weighted by atomic mass is 32.1. The van der Waals surface area contributed by atoms with Gasteiger partial charge in [-0.15, -0.1) is 0 Å². The number of hydrogen-bond donors (Lipinski definition) is 3. The van der Waals surface area contributed by atoms with Crippen molar-refractivity contribution in [3.63, 3.8) is 0 Å². The molecule has 0 spiro atoms. The number of nitrogens with one attached hydrogen (secondary N) is 3. The summed E-state index contributed by atoms with van der Waals surface area (Å²) < 4.78 is 2.54. The van der Waals surface area contributed by atoms with Crippen molar-refractivity contribution >= 4 is 23.9 Å². The van der Waals surface area contributed by atoms with Crippen molar-refractivity contribution in [1.82, 2.24) is 20.1 Å². The Kier molecular flexibility index (Phi) is 5.09. The minimum absolute atomic E-state index is 0.278. The topological polar surface area (TPSA) is 98.5 Å². The van der Waals surface area contributed by atoms with Crippen LogP contribution in [0.3, 0.4) is 0 Å². The fourth-order valence-electron chi connectivity index (χ4n) is 2.69. The van der Waals surface area contributed by atoms with E-state index in [1.165, 1.54) is 0 Å². The van der Waals surface area contributed by atoms with Crippen molar-refractivity contribution in [2.45, 2.75) is 44.6 Å². The average molecular weight is 370 g/mol. The zero-order chi connectivity index (χ0) is 18.7. The lowest BCUT2D eigenvalue weighted by Gasteiger charge is -2.16. The van der Waals surface area contributed by atoms with Crippen LogP contribution in [-0.2, 0) is 12.0 Å². The van der Waals surface area contributed by atoms with Gasteiger partial charge < -0.3 is 15.2 Å². The lowest BCUT2D eigenvalue weighted by molar-refractivity contribution is 0.251. The summed E-state index contributed by atoms with van der Waals surface area (Å²) in [7, 11) is 0. The van der Waals surface area contributed by atoms with E-state index in [0.717, 1.165) is 24.2 Å². The number of aromatic amines is 1. The predicted molar refractivity (Wildman–Crippen MR) is 101 cm³/mol. The maximum Gasteiger partial charge on any atom is 0.319 e. The number of rotatable bonds is 6. The number of nitrogens with zero attached hydrogens (tertiary/aromatic N) is 3. The number of hydrogen-bond acceptors (Lipinski definition) is 4. The van der Waals surface area contributed by atoms with Crippen LogP contribution < -0.4 is 10.6 Å². The molecule has 1 aliphatic rings. The van der Waals surface area contributed by atoms with Gasteiger partial charge in [-0.1, -0.05) is 12.1 Å². The Labute approximate surface area is 157 Å². The third-order valence-corrected chi connectivity index (χ3v) is 4.81. The third-order valence-electron chi connectivity index (χ3n) is 4.50. The molecule has 1 fully saturated rings. The minimum atomic E-state index is -0.552. The Hall–Kier alpha value is -2.66. The summed E-state index contributed by atoms with van der Waals surface area (Å²) in [6.45, 7) is 4.76. The van der Waals surface area contributed by atoms with Crippen LogP contribution in [0, 0.1) is 16.1 Å². The van der Waals surface area contributed by atoms with Crippen LogP contribution >= 0.6 is 12.2 Å². The first-order valence-corrected chi connectivity index (χ1v) is 9.03. The number of nitriles is 1. The SMILES string of the molecule is CC(C)(C#N)c1ccc(NC(=O)NCCn2c(C3CC3)n[nH]c2=S)cc1. The van der Waals surface area contributed by atoms with Gasteiger partial charge in [-0.05, 0) is 56.6 Å². The Morgan fingerprint density at radius 1 is 1.42 bits per heavy atom. The molecule has 0 saturated heterocycles. The second-order valence-electron chi connectivity index (χ2n) is 7.01. The minimum Gasteiger partial charge on any atom is -0.336 e. The molecule has 0 aliphatic heterocycles. The number of carbonyl (C=O) groups is 1. The van der Waals surface area contributed by atoms with Crippen molar-refractivity contribution < 1.29 is 4.79 Å². The van der Waals surface area contributed by atoms with Gasteiger partial charge in [0.15, 0.2) is 4.77 Å². The molecule has 7 nitrogen and oxygen atoms in total. The van der Waals surface area contributed by atoms with Crippen LogP contribution in [0.15, 0.2) is 24.3 Å². The van der Waals surface area contributed by atoms with Gasteiger partial charge in [-0.3, -0.25) is 5.10 Å². The molecular weight excluding hydrogens is 348 g/mol. The number of urea groups is 1. The van der Waals surface area contributed by atoms with Crippen LogP contribution in [0.2, 0.25) is 0 Å². The van der Waals surface area contributed by atoms with Crippen LogP contribution in [0.5, 0.6) is 0 Å². The first kappa shape index (κ1) is 18.1. The van der Waals surface area contributed by atoms with Crippen LogP contribution in [0.4, 0.5) is 10.5 Å². The van der Waals surface area contributed by atoms with Gasteiger partial charge in [-0.25, -0.2) is 4.79 Å². The summed E-state index contributed by atoms with van der Waals surface area (Å²) in [6, 6.07) is 9.28. The van der Waals surface area contributed by atoms with Gasteiger partial charge in [0.1, 0.15) is 5.82 Å². The monoisotopic (exact) mass is 370 g/mol. The summed E-state index contributed by atoms with van der Waals surface area (Å²) in [5.41, 5.74) is 1.04. The van der Waals surface area contributed by atoms with Gasteiger partial charge >= 0.3 is 6.03 Å². The molecule has 3 N–H and O–H groups in total. The average Bonchev–Trinajstić information content (AvgIpc) is 3.40. The van der Waals surface area contributed by atoms with E-state index < -0.39 is 5.41 Å². The Morgan fingerprint density at radius 3 is 2.73 bits per heavy atom. The Balaban J connectivity index is 1.51. The quantitative estimate of drug-likeness (QED) is 0.678. The Morgan fingerprint density at radius 2 is 2.12 bits per heavy atom. The van der Waals surface area contributed by atoms with E-state index in [9.17, 15) is 4.79 Å². The van der Waals surface area contributed by atoms with Crippen LogP contribution in [-0.4, -0.2) is 27.3 Å². The molecule has 1 aromatic carbocycles. The van der Waals surface area contributed by atoms with Gasteiger partial charge in [0.25, 0.3) is 0 Å². The maximum atomic E-state index is 12.1. The summed E-state index contributed by atoms with van der Waals surface area (Å²) in [5, 5.41) is 21.9. The van der Waals surface area contributed by atoms with E-state index in [-0.39, 0.29) is 6.03 Å². The number of anilines is 1. The van der Waals surface area contributed by atoms with E-state index in [1.54, 1.807) is 12.1 Å². The van der Waals surface area contributed by atoms with E-state index in [1.807, 2.05) is 30.5 Å². The van der Waals surface area contributed by atoms with E-state index >= 15 is 0 Å². The molecule has 0 unspecified atom stereocenters. The van der Waals surface area contributed by atoms with E-state index in [4.69, 9.17) is 17.5 Å². The highest BCUT2D eigenvalue weighted by molar-refractivity contribution is 7.71. The first-order valence-electron chi connectivity index (χ1n) is 8.62. The molecular formula is C18H22N6OS. The van der Waals surface area contributed by atoms with Gasteiger partial charge in [-0.2, -0.15) is 10.4 Å². The summed E-state index contributed by atoms with van der Waals surface area (Å²) >= 11 is 5.25. The Bertz CT molecular complexity index is 886. The molecule has 3 rings (SSSR count). The van der Waals surface area contributed by atoms with Gasteiger partial charge in [0, 0.05) is 24.7 Å². The molecule has 1 aromatic heterocycles. The molecule has 8 heteroatoms. The molecule has 1 heterocycles. The second-order valence-corrected chi connectivity index (χ2v) is 7.39. The molecule has 1 aliphatic carbocycles. The molecule has 0 bridgehead atoms. The number of aromatic nitrogens is 3. The number of benzene rings is 1.